The first-order valence-corrected chi connectivity index (χ1v) is 5.84. The molecule has 0 spiro atoms. The molecule has 0 atom stereocenters. The first-order valence-electron chi connectivity index (χ1n) is 3.59. The van der Waals surface area contributed by atoms with Crippen LogP contribution in [-0.4, -0.2) is 0 Å². The molecule has 1 rings (SSSR count). The summed E-state index contributed by atoms with van der Waals surface area (Å²) in [4.78, 5) is 0. The second-order valence-corrected chi connectivity index (χ2v) is 3.68. The molecule has 0 saturated heterocycles. The number of benzene rings is 1. The van der Waals surface area contributed by atoms with E-state index in [1.54, 1.807) is 0 Å². The van der Waals surface area contributed by atoms with Crippen molar-refractivity contribution in [3.63, 3.8) is 0 Å². The van der Waals surface area contributed by atoms with Gasteiger partial charge in [-0.2, -0.15) is 0 Å². The Balaban J connectivity index is 3.01. The van der Waals surface area contributed by atoms with Crippen LogP contribution >= 0.6 is 31.9 Å². The predicted octanol–water partition coefficient (Wildman–Crippen LogP) is 3.95. The van der Waals surface area contributed by atoms with Crippen molar-refractivity contribution in [3.8, 4) is 0 Å². The minimum Gasteiger partial charge on any atom is -0.246 e. The Kier molecular flexibility index (Phi) is 4.22. The zero-order chi connectivity index (χ0) is 8.97. The number of rotatable bonds is 3. The first kappa shape index (κ1) is 10.2. The summed E-state index contributed by atoms with van der Waals surface area (Å²) in [5, 5.41) is 1.56. The summed E-state index contributed by atoms with van der Waals surface area (Å²) in [5.41, 5.74) is 3.00. The lowest BCUT2D eigenvalue weighted by Gasteiger charge is -2.02. The summed E-state index contributed by atoms with van der Waals surface area (Å²) in [6, 6.07) is 5.81. The zero-order valence-electron chi connectivity index (χ0n) is 6.49. The Morgan fingerprint density at radius 3 is 1.67 bits per heavy atom. The van der Waals surface area contributed by atoms with E-state index in [-0.39, 0.29) is 6.67 Å². The molecular formula is C9H9Br2F. The Bertz CT molecular complexity index is 205. The molecule has 3 heteroatoms. The van der Waals surface area contributed by atoms with Gasteiger partial charge in [0.25, 0.3) is 0 Å². The molecule has 0 unspecified atom stereocenters. The third kappa shape index (κ3) is 2.56. The van der Waals surface area contributed by atoms with E-state index in [1.807, 2.05) is 12.1 Å². The summed E-state index contributed by atoms with van der Waals surface area (Å²) < 4.78 is 12.3. The van der Waals surface area contributed by atoms with E-state index in [2.05, 4.69) is 37.9 Å². The van der Waals surface area contributed by atoms with Gasteiger partial charge in [-0.1, -0.05) is 50.1 Å². The van der Waals surface area contributed by atoms with Crippen LogP contribution in [-0.2, 0) is 17.3 Å². The average Bonchev–Trinajstić information content (AvgIpc) is 2.16. The summed E-state index contributed by atoms with van der Waals surface area (Å²) in [6.45, 7) is -0.388. The standard InChI is InChI=1S/C9H9Br2F/c10-4-7-1-8(5-11)3-9(2-7)6-12/h1-3H,4-6H2. The lowest BCUT2D eigenvalue weighted by atomic mass is 10.1. The number of alkyl halides is 3. The maximum Gasteiger partial charge on any atom is 0.115 e. The van der Waals surface area contributed by atoms with Gasteiger partial charge in [-0.15, -0.1) is 0 Å². The molecule has 66 valence electrons. The third-order valence-corrected chi connectivity index (χ3v) is 2.87. The van der Waals surface area contributed by atoms with Crippen LogP contribution in [0.3, 0.4) is 0 Å². The monoisotopic (exact) mass is 294 g/mol. The van der Waals surface area contributed by atoms with E-state index in [1.165, 1.54) is 0 Å². The maximum absolute atomic E-state index is 12.3. The van der Waals surface area contributed by atoms with E-state index >= 15 is 0 Å². The van der Waals surface area contributed by atoms with Crippen LogP contribution in [0.25, 0.3) is 0 Å². The molecule has 12 heavy (non-hydrogen) atoms. The summed E-state index contributed by atoms with van der Waals surface area (Å²) >= 11 is 6.69. The summed E-state index contributed by atoms with van der Waals surface area (Å²) in [7, 11) is 0. The molecule has 0 radical (unpaired) electrons. The molecule has 0 aliphatic rings. The van der Waals surface area contributed by atoms with Crippen molar-refractivity contribution >= 4 is 31.9 Å². The average molecular weight is 296 g/mol. The lowest BCUT2D eigenvalue weighted by Crippen LogP contribution is -1.87. The third-order valence-electron chi connectivity index (χ3n) is 1.58. The van der Waals surface area contributed by atoms with Gasteiger partial charge in [0.2, 0.25) is 0 Å². The van der Waals surface area contributed by atoms with Crippen LogP contribution in [0.5, 0.6) is 0 Å². The van der Waals surface area contributed by atoms with Crippen LogP contribution in [0.4, 0.5) is 4.39 Å². The van der Waals surface area contributed by atoms with Crippen molar-refractivity contribution in [1.29, 1.82) is 0 Å². The van der Waals surface area contributed by atoms with Gasteiger partial charge in [-0.25, -0.2) is 4.39 Å². The van der Waals surface area contributed by atoms with Gasteiger partial charge in [-0.05, 0) is 16.7 Å². The van der Waals surface area contributed by atoms with Crippen LogP contribution < -0.4 is 0 Å². The van der Waals surface area contributed by atoms with Gasteiger partial charge in [0.15, 0.2) is 0 Å². The fraction of sp³-hybridized carbons (Fsp3) is 0.333. The van der Waals surface area contributed by atoms with E-state index in [0.29, 0.717) is 0 Å². The Morgan fingerprint density at radius 1 is 0.917 bits per heavy atom. The zero-order valence-corrected chi connectivity index (χ0v) is 9.66. The molecule has 1 aromatic carbocycles. The Hall–Kier alpha value is 0.110. The van der Waals surface area contributed by atoms with Crippen molar-refractivity contribution in [3.05, 3.63) is 34.9 Å². The Labute approximate surface area is 88.4 Å². The van der Waals surface area contributed by atoms with Crippen molar-refractivity contribution in [1.82, 2.24) is 0 Å². The molecule has 0 fully saturated rings. The second kappa shape index (κ2) is 4.97. The molecule has 1 aromatic rings. The van der Waals surface area contributed by atoms with E-state index < -0.39 is 0 Å². The number of hydrogen-bond acceptors (Lipinski definition) is 0. The van der Waals surface area contributed by atoms with E-state index in [4.69, 9.17) is 0 Å². The minimum absolute atomic E-state index is 0.388. The fourth-order valence-electron chi connectivity index (χ4n) is 1.07. The quantitative estimate of drug-likeness (QED) is 0.741. The highest BCUT2D eigenvalue weighted by atomic mass is 79.9. The van der Waals surface area contributed by atoms with E-state index in [0.717, 1.165) is 27.4 Å². The van der Waals surface area contributed by atoms with Crippen LogP contribution in [0.15, 0.2) is 18.2 Å². The van der Waals surface area contributed by atoms with Crippen molar-refractivity contribution in [2.75, 3.05) is 0 Å². The van der Waals surface area contributed by atoms with Crippen molar-refractivity contribution in [2.45, 2.75) is 17.3 Å². The highest BCUT2D eigenvalue weighted by Gasteiger charge is 1.98. The largest absolute Gasteiger partial charge is 0.246 e. The van der Waals surface area contributed by atoms with Gasteiger partial charge in [-0.3, -0.25) is 0 Å². The van der Waals surface area contributed by atoms with Crippen LogP contribution in [0.1, 0.15) is 16.7 Å². The molecule has 0 nitrogen and oxygen atoms in total. The van der Waals surface area contributed by atoms with Crippen molar-refractivity contribution in [2.24, 2.45) is 0 Å². The van der Waals surface area contributed by atoms with Gasteiger partial charge in [0.05, 0.1) is 0 Å². The second-order valence-electron chi connectivity index (χ2n) is 2.56. The van der Waals surface area contributed by atoms with Crippen LogP contribution in [0.2, 0.25) is 0 Å². The molecule has 0 N–H and O–H groups in total. The molecular weight excluding hydrogens is 287 g/mol. The normalized spacial score (nSPS) is 10.2. The molecule has 0 amide bonds. The molecule has 0 heterocycles. The van der Waals surface area contributed by atoms with Gasteiger partial charge < -0.3 is 0 Å². The topological polar surface area (TPSA) is 0 Å². The predicted molar refractivity (Wildman–Crippen MR) is 56.5 cm³/mol. The molecule has 0 bridgehead atoms. The van der Waals surface area contributed by atoms with Gasteiger partial charge in [0, 0.05) is 10.7 Å². The lowest BCUT2D eigenvalue weighted by molar-refractivity contribution is 0.485. The highest BCUT2D eigenvalue weighted by molar-refractivity contribution is 9.08. The number of hydrogen-bond donors (Lipinski definition) is 0. The Morgan fingerprint density at radius 2 is 1.33 bits per heavy atom. The molecule has 0 aromatic heterocycles. The van der Waals surface area contributed by atoms with Gasteiger partial charge in [0.1, 0.15) is 6.67 Å². The minimum atomic E-state index is -0.388. The first-order chi connectivity index (χ1) is 5.80. The van der Waals surface area contributed by atoms with Crippen LogP contribution in [0, 0.1) is 0 Å². The van der Waals surface area contributed by atoms with Gasteiger partial charge >= 0.3 is 0 Å². The number of halogens is 3. The molecule has 0 aliphatic carbocycles. The molecule has 0 saturated carbocycles. The summed E-state index contributed by atoms with van der Waals surface area (Å²) in [6.07, 6.45) is 0. The highest BCUT2D eigenvalue weighted by Crippen LogP contribution is 2.16. The summed E-state index contributed by atoms with van der Waals surface area (Å²) in [5.74, 6) is 0. The molecule has 0 aliphatic heterocycles. The smallest absolute Gasteiger partial charge is 0.115 e. The maximum atomic E-state index is 12.3. The van der Waals surface area contributed by atoms with E-state index in [9.17, 15) is 4.39 Å². The SMILES string of the molecule is FCc1cc(CBr)cc(CBr)c1. The fourth-order valence-corrected chi connectivity index (χ4v) is 1.72. The van der Waals surface area contributed by atoms with Crippen molar-refractivity contribution < 1.29 is 4.39 Å².